The summed E-state index contributed by atoms with van der Waals surface area (Å²) in [6.45, 7) is 2.61. The van der Waals surface area contributed by atoms with Crippen LogP contribution in [0.1, 0.15) is 25.0 Å². The van der Waals surface area contributed by atoms with Gasteiger partial charge in [0.2, 0.25) is 11.8 Å². The predicted octanol–water partition coefficient (Wildman–Crippen LogP) is -4.39. The third-order valence-electron chi connectivity index (χ3n) is 4.44. The summed E-state index contributed by atoms with van der Waals surface area (Å²) in [5.41, 5.74) is 11.3. The van der Waals surface area contributed by atoms with Crippen LogP contribution in [0.3, 0.4) is 0 Å². The molecule has 0 aliphatic heterocycles. The van der Waals surface area contributed by atoms with Gasteiger partial charge in [0.05, 0.1) is 24.0 Å². The van der Waals surface area contributed by atoms with Crippen LogP contribution in [-0.2, 0) is 32.0 Å². The van der Waals surface area contributed by atoms with Crippen molar-refractivity contribution in [3.8, 4) is 0 Å². The number of halogens is 6. The second kappa shape index (κ2) is 23.0. The molecule has 40 heavy (non-hydrogen) atoms. The van der Waals surface area contributed by atoms with Gasteiger partial charge in [-0.2, -0.15) is 0 Å². The smallest absolute Gasteiger partial charge is 0.548 e. The SMILES string of the molecule is CC(=O)NN[C@@H](Cc1c(I)cc(I)cc1I)C(=O)[O-].CC(=O)NN[C@@H](Cc1c(I)cc(I)cc1I)C(=O)[O-].[Na+].[Na+]. The van der Waals surface area contributed by atoms with E-state index in [1.54, 1.807) is 0 Å². The van der Waals surface area contributed by atoms with Crippen molar-refractivity contribution >= 4 is 159 Å². The molecule has 0 heterocycles. The summed E-state index contributed by atoms with van der Waals surface area (Å²) >= 11 is 13.1. The van der Waals surface area contributed by atoms with Gasteiger partial charge in [0, 0.05) is 35.3 Å². The maximum absolute atomic E-state index is 11.1. The van der Waals surface area contributed by atoms with Gasteiger partial charge in [-0.3, -0.25) is 20.4 Å². The van der Waals surface area contributed by atoms with Crippen LogP contribution < -0.4 is 91.0 Å². The Morgan fingerprint density at radius 1 is 0.625 bits per heavy atom. The molecule has 0 fully saturated rings. The van der Waals surface area contributed by atoms with Gasteiger partial charge in [-0.25, -0.2) is 10.9 Å². The second-order valence-electron chi connectivity index (χ2n) is 7.50. The molecule has 2 rings (SSSR count). The predicted molar refractivity (Wildman–Crippen MR) is 188 cm³/mol. The van der Waals surface area contributed by atoms with Gasteiger partial charge in [0.15, 0.2) is 0 Å². The summed E-state index contributed by atoms with van der Waals surface area (Å²) in [6, 6.07) is 5.97. The van der Waals surface area contributed by atoms with E-state index < -0.39 is 24.0 Å². The number of nitrogens with one attached hydrogen (secondary N) is 4. The van der Waals surface area contributed by atoms with Crippen molar-refractivity contribution in [1.82, 2.24) is 21.7 Å². The fourth-order valence-electron chi connectivity index (χ4n) is 2.71. The molecule has 0 bridgehead atoms. The largest absolute Gasteiger partial charge is 1.00 e. The fraction of sp³-hybridized carbons (Fsp3) is 0.273. The molecule has 2 atom stereocenters. The van der Waals surface area contributed by atoms with Crippen LogP contribution in [0.15, 0.2) is 24.3 Å². The molecular weight excluding hydrogens is 1220 g/mol. The van der Waals surface area contributed by atoms with E-state index in [1.807, 2.05) is 24.3 Å². The molecule has 4 N–H and O–H groups in total. The standard InChI is InChI=1S/2C11H11I3N2O3.2Na/c2*1-5(17)15-16-10(11(18)19)4-7-8(13)2-6(12)3-9(7)14;;/h2*2-3,10,16H,4H2,1H3,(H,15,17)(H,18,19);;/q;;2*+1/p-2/t2*10-;;/m00../s1. The van der Waals surface area contributed by atoms with Crippen molar-refractivity contribution in [3.63, 3.8) is 0 Å². The van der Waals surface area contributed by atoms with Crippen molar-refractivity contribution in [2.75, 3.05) is 0 Å². The molecular formula is C22H20I6N4Na2O6. The number of carboxylic acids is 2. The summed E-state index contributed by atoms with van der Waals surface area (Å²) in [7, 11) is 0. The van der Waals surface area contributed by atoms with Crippen molar-refractivity contribution in [2.24, 2.45) is 0 Å². The van der Waals surface area contributed by atoms with Crippen molar-refractivity contribution in [1.29, 1.82) is 0 Å². The van der Waals surface area contributed by atoms with Gasteiger partial charge in [0.25, 0.3) is 0 Å². The zero-order chi connectivity index (χ0) is 29.2. The zero-order valence-corrected chi connectivity index (χ0v) is 38.5. The molecule has 2 aromatic rings. The first-order valence-electron chi connectivity index (χ1n) is 10.3. The fourth-order valence-corrected chi connectivity index (χ4v) is 10.8. The molecule has 0 saturated heterocycles. The molecule has 10 nitrogen and oxygen atoms in total. The molecule has 2 aromatic carbocycles. The third-order valence-corrected chi connectivity index (χ3v) is 9.54. The Kier molecular flexibility index (Phi) is 25.7. The first-order valence-corrected chi connectivity index (χ1v) is 16.8. The quantitative estimate of drug-likeness (QED) is 0.106. The van der Waals surface area contributed by atoms with Crippen molar-refractivity contribution in [2.45, 2.75) is 38.8 Å². The minimum atomic E-state index is -1.25. The third kappa shape index (κ3) is 17.4. The van der Waals surface area contributed by atoms with Gasteiger partial charge in [-0.05, 0) is 184 Å². The number of hydrazine groups is 2. The summed E-state index contributed by atoms with van der Waals surface area (Å²) in [4.78, 5) is 43.8. The molecule has 0 spiro atoms. The second-order valence-corrected chi connectivity index (χ2v) is 14.6. The average Bonchev–Trinajstić information content (AvgIpc) is 2.76. The van der Waals surface area contributed by atoms with Gasteiger partial charge in [-0.15, -0.1) is 0 Å². The summed E-state index contributed by atoms with van der Waals surface area (Å²) in [5.74, 6) is -3.20. The van der Waals surface area contributed by atoms with E-state index in [2.05, 4.69) is 157 Å². The number of carboxylic acid groups (broad SMARTS) is 2. The van der Waals surface area contributed by atoms with Crippen LogP contribution in [0.4, 0.5) is 0 Å². The van der Waals surface area contributed by atoms with E-state index >= 15 is 0 Å². The van der Waals surface area contributed by atoms with Crippen LogP contribution in [0.5, 0.6) is 0 Å². The van der Waals surface area contributed by atoms with Gasteiger partial charge < -0.3 is 19.8 Å². The van der Waals surface area contributed by atoms with E-state index in [0.29, 0.717) is 0 Å². The van der Waals surface area contributed by atoms with Crippen LogP contribution >= 0.6 is 136 Å². The van der Waals surface area contributed by atoms with Crippen LogP contribution in [0, 0.1) is 21.4 Å². The number of carbonyl (C=O) groups excluding carboxylic acids is 4. The monoisotopic (exact) mass is 1240 g/mol. The van der Waals surface area contributed by atoms with Gasteiger partial charge in [-0.1, -0.05) is 0 Å². The molecule has 0 radical (unpaired) electrons. The molecule has 18 heteroatoms. The Labute approximate surface area is 358 Å². The number of hydrogen-bond donors (Lipinski definition) is 4. The number of rotatable bonds is 10. The summed E-state index contributed by atoms with van der Waals surface area (Å²) in [5, 5.41) is 22.1. The minimum absolute atomic E-state index is 0. The first-order chi connectivity index (χ1) is 17.6. The van der Waals surface area contributed by atoms with Crippen LogP contribution in [0.2, 0.25) is 0 Å². The molecule has 0 unspecified atom stereocenters. The van der Waals surface area contributed by atoms with Gasteiger partial charge >= 0.3 is 59.1 Å². The molecule has 0 aliphatic rings. The maximum atomic E-state index is 11.1. The number of aliphatic carboxylic acids is 2. The van der Waals surface area contributed by atoms with Crippen molar-refractivity contribution < 1.29 is 88.5 Å². The van der Waals surface area contributed by atoms with E-state index in [1.165, 1.54) is 13.8 Å². The van der Waals surface area contributed by atoms with E-state index in [4.69, 9.17) is 0 Å². The van der Waals surface area contributed by atoms with Crippen LogP contribution in [0.25, 0.3) is 0 Å². The Hall–Kier alpha value is 2.62. The molecule has 208 valence electrons. The van der Waals surface area contributed by atoms with Crippen LogP contribution in [-0.4, -0.2) is 35.8 Å². The maximum Gasteiger partial charge on any atom is 1.00 e. The molecule has 0 aromatic heterocycles. The first kappa shape index (κ1) is 44.7. The zero-order valence-electron chi connectivity index (χ0n) is 21.6. The number of amides is 2. The molecule has 2 amide bonds. The van der Waals surface area contributed by atoms with E-state index in [9.17, 15) is 29.4 Å². The number of benzene rings is 2. The normalized spacial score (nSPS) is 11.4. The Morgan fingerprint density at radius 2 is 0.875 bits per heavy atom. The van der Waals surface area contributed by atoms with E-state index in [-0.39, 0.29) is 83.8 Å². The Bertz CT molecular complexity index is 1070. The average molecular weight is 1240 g/mol. The van der Waals surface area contributed by atoms with Crippen molar-refractivity contribution in [3.05, 3.63) is 56.8 Å². The number of hydrogen-bond acceptors (Lipinski definition) is 8. The number of carbonyl (C=O) groups is 4. The Balaban J connectivity index is 0. The molecule has 0 saturated carbocycles. The Morgan fingerprint density at radius 3 is 1.07 bits per heavy atom. The summed E-state index contributed by atoms with van der Waals surface area (Å²) in [6.07, 6.45) is 0.492. The summed E-state index contributed by atoms with van der Waals surface area (Å²) < 4.78 is 6.15. The minimum Gasteiger partial charge on any atom is -0.548 e. The van der Waals surface area contributed by atoms with Gasteiger partial charge in [0.1, 0.15) is 0 Å². The molecule has 0 aliphatic carbocycles. The van der Waals surface area contributed by atoms with E-state index in [0.717, 1.165) is 32.5 Å². The topological polar surface area (TPSA) is 163 Å².